The Morgan fingerprint density at radius 1 is 1.58 bits per heavy atom. The molecule has 2 aromatic rings. The molecule has 0 aliphatic carbocycles. The second-order valence-corrected chi connectivity index (χ2v) is 4.57. The van der Waals surface area contributed by atoms with Crippen molar-refractivity contribution in [1.29, 1.82) is 0 Å². The summed E-state index contributed by atoms with van der Waals surface area (Å²) < 4.78 is 2.78. The SMILES string of the molecule is CC(Cl)=CCn1c(NN)nc2c1c(=O)[nH]c(=O)n2C. The number of halogens is 1. The van der Waals surface area contributed by atoms with Crippen LogP contribution in [0.4, 0.5) is 5.95 Å². The van der Waals surface area contributed by atoms with Crippen LogP contribution in [0.5, 0.6) is 0 Å². The van der Waals surface area contributed by atoms with Crippen LogP contribution < -0.4 is 22.5 Å². The maximum Gasteiger partial charge on any atom is 0.329 e. The van der Waals surface area contributed by atoms with Crippen molar-refractivity contribution >= 4 is 28.7 Å². The van der Waals surface area contributed by atoms with Gasteiger partial charge in [-0.15, -0.1) is 0 Å². The molecule has 9 heteroatoms. The number of aromatic nitrogens is 4. The fourth-order valence-electron chi connectivity index (χ4n) is 1.74. The normalized spacial score (nSPS) is 12.1. The van der Waals surface area contributed by atoms with Crippen molar-refractivity contribution < 1.29 is 0 Å². The van der Waals surface area contributed by atoms with E-state index in [1.165, 1.54) is 11.6 Å². The van der Waals surface area contributed by atoms with Crippen LogP contribution in [0.1, 0.15) is 6.92 Å². The molecule has 0 spiro atoms. The molecule has 102 valence electrons. The Labute approximate surface area is 112 Å². The lowest BCUT2D eigenvalue weighted by Gasteiger charge is -2.04. The summed E-state index contributed by atoms with van der Waals surface area (Å²) in [6.07, 6.45) is 1.70. The molecule has 4 N–H and O–H groups in total. The summed E-state index contributed by atoms with van der Waals surface area (Å²) in [5, 5.41) is 0.575. The first-order valence-electron chi connectivity index (χ1n) is 5.44. The molecule has 2 rings (SSSR count). The first kappa shape index (κ1) is 13.4. The average Bonchev–Trinajstić information content (AvgIpc) is 2.72. The van der Waals surface area contributed by atoms with Gasteiger partial charge in [-0.25, -0.2) is 10.6 Å². The topological polar surface area (TPSA) is 111 Å². The Bertz CT molecular complexity index is 765. The number of aryl methyl sites for hydroxylation is 1. The number of aromatic amines is 1. The first-order chi connectivity index (χ1) is 8.95. The molecule has 0 unspecified atom stereocenters. The Balaban J connectivity index is 2.81. The van der Waals surface area contributed by atoms with Crippen molar-refractivity contribution in [3.8, 4) is 0 Å². The largest absolute Gasteiger partial charge is 0.329 e. The number of rotatable bonds is 3. The molecule has 0 aliphatic heterocycles. The van der Waals surface area contributed by atoms with Gasteiger partial charge in [-0.05, 0) is 6.92 Å². The molecule has 0 radical (unpaired) electrons. The number of hydrogen-bond acceptors (Lipinski definition) is 5. The molecule has 0 atom stereocenters. The van der Waals surface area contributed by atoms with E-state index in [1.807, 2.05) is 0 Å². The maximum absolute atomic E-state index is 11.9. The van der Waals surface area contributed by atoms with Crippen molar-refractivity contribution in [3.63, 3.8) is 0 Å². The zero-order chi connectivity index (χ0) is 14.2. The second kappa shape index (κ2) is 4.90. The second-order valence-electron chi connectivity index (χ2n) is 3.97. The smallest absolute Gasteiger partial charge is 0.299 e. The summed E-state index contributed by atoms with van der Waals surface area (Å²) in [7, 11) is 1.51. The lowest BCUT2D eigenvalue weighted by molar-refractivity contribution is 0.818. The number of nitrogens with two attached hydrogens (primary N) is 1. The fourth-order valence-corrected chi connectivity index (χ4v) is 1.81. The van der Waals surface area contributed by atoms with Gasteiger partial charge in [-0.1, -0.05) is 17.7 Å². The minimum Gasteiger partial charge on any atom is -0.299 e. The van der Waals surface area contributed by atoms with E-state index < -0.39 is 11.2 Å². The van der Waals surface area contributed by atoms with Crippen LogP contribution in [0.3, 0.4) is 0 Å². The number of nitrogen functional groups attached to an aromatic ring is 1. The van der Waals surface area contributed by atoms with Gasteiger partial charge in [0.2, 0.25) is 5.95 Å². The Hall–Kier alpha value is -2.06. The highest BCUT2D eigenvalue weighted by Gasteiger charge is 2.15. The number of imidazole rings is 1. The van der Waals surface area contributed by atoms with Crippen LogP contribution >= 0.6 is 11.6 Å². The van der Waals surface area contributed by atoms with E-state index in [-0.39, 0.29) is 17.1 Å². The number of nitrogens with zero attached hydrogens (tertiary/aromatic N) is 3. The molecule has 0 amide bonds. The maximum atomic E-state index is 11.9. The molecular formula is C10H13ClN6O2. The number of nitrogens with one attached hydrogen (secondary N) is 2. The van der Waals surface area contributed by atoms with Gasteiger partial charge in [-0.3, -0.25) is 24.3 Å². The van der Waals surface area contributed by atoms with Crippen molar-refractivity contribution in [3.05, 3.63) is 31.9 Å². The van der Waals surface area contributed by atoms with Crippen LogP contribution in [0.2, 0.25) is 0 Å². The Kier molecular flexibility index (Phi) is 3.45. The lowest BCUT2D eigenvalue weighted by atomic mass is 10.4. The molecule has 0 saturated heterocycles. The highest BCUT2D eigenvalue weighted by atomic mass is 35.5. The van der Waals surface area contributed by atoms with Gasteiger partial charge in [-0.2, -0.15) is 4.98 Å². The van der Waals surface area contributed by atoms with Crippen LogP contribution in [-0.4, -0.2) is 19.1 Å². The van der Waals surface area contributed by atoms with E-state index in [0.29, 0.717) is 11.6 Å². The first-order valence-corrected chi connectivity index (χ1v) is 5.82. The molecule has 0 aromatic carbocycles. The molecular weight excluding hydrogens is 272 g/mol. The summed E-state index contributed by atoms with van der Waals surface area (Å²) >= 11 is 5.77. The third-order valence-corrected chi connectivity index (χ3v) is 2.85. The van der Waals surface area contributed by atoms with E-state index >= 15 is 0 Å². The highest BCUT2D eigenvalue weighted by molar-refractivity contribution is 6.29. The number of allylic oxidation sites excluding steroid dienone is 2. The van der Waals surface area contributed by atoms with Gasteiger partial charge in [0.1, 0.15) is 0 Å². The summed E-state index contributed by atoms with van der Waals surface area (Å²) in [4.78, 5) is 29.7. The number of anilines is 1. The van der Waals surface area contributed by atoms with Gasteiger partial charge in [0.05, 0.1) is 0 Å². The highest BCUT2D eigenvalue weighted by Crippen LogP contribution is 2.15. The van der Waals surface area contributed by atoms with Crippen molar-refractivity contribution in [2.45, 2.75) is 13.5 Å². The summed E-state index contributed by atoms with van der Waals surface area (Å²) in [5.41, 5.74) is 1.85. The standard InChI is InChI=1S/C10H13ClN6O2/c1-5(11)3-4-17-6-7(13-9(17)15-12)16(2)10(19)14-8(6)18/h3H,4,12H2,1-2H3,(H,13,15)(H,14,18,19). The average molecular weight is 285 g/mol. The zero-order valence-corrected chi connectivity index (χ0v) is 11.2. The quantitative estimate of drug-likeness (QED) is 0.536. The molecule has 0 fully saturated rings. The van der Waals surface area contributed by atoms with Crippen LogP contribution in [-0.2, 0) is 13.6 Å². The van der Waals surface area contributed by atoms with Crippen LogP contribution in [0.25, 0.3) is 11.2 Å². The number of hydrazine groups is 1. The van der Waals surface area contributed by atoms with Gasteiger partial charge in [0.25, 0.3) is 5.56 Å². The molecule has 0 bridgehead atoms. The molecule has 0 aliphatic rings. The van der Waals surface area contributed by atoms with E-state index in [2.05, 4.69) is 15.4 Å². The molecule has 8 nitrogen and oxygen atoms in total. The van der Waals surface area contributed by atoms with E-state index in [4.69, 9.17) is 17.4 Å². The van der Waals surface area contributed by atoms with Crippen molar-refractivity contribution in [2.75, 3.05) is 5.43 Å². The molecule has 19 heavy (non-hydrogen) atoms. The summed E-state index contributed by atoms with van der Waals surface area (Å²) in [5.74, 6) is 5.65. The minimum atomic E-state index is -0.533. The summed E-state index contributed by atoms with van der Waals surface area (Å²) in [6, 6.07) is 0. The van der Waals surface area contributed by atoms with Gasteiger partial charge in [0.15, 0.2) is 11.2 Å². The fraction of sp³-hybridized carbons (Fsp3) is 0.300. The molecule has 2 aromatic heterocycles. The molecule has 0 saturated carbocycles. The van der Waals surface area contributed by atoms with E-state index in [0.717, 1.165) is 0 Å². The number of H-pyrrole nitrogens is 1. The Morgan fingerprint density at radius 2 is 2.26 bits per heavy atom. The van der Waals surface area contributed by atoms with Gasteiger partial charge >= 0.3 is 5.69 Å². The van der Waals surface area contributed by atoms with Gasteiger partial charge in [0, 0.05) is 18.6 Å². The minimum absolute atomic E-state index is 0.252. The van der Waals surface area contributed by atoms with E-state index in [9.17, 15) is 9.59 Å². The monoisotopic (exact) mass is 284 g/mol. The predicted octanol–water partition coefficient (Wildman–Crippen LogP) is -0.149. The van der Waals surface area contributed by atoms with Gasteiger partial charge < -0.3 is 0 Å². The van der Waals surface area contributed by atoms with Crippen molar-refractivity contribution in [1.82, 2.24) is 19.1 Å². The third-order valence-electron chi connectivity index (χ3n) is 2.69. The van der Waals surface area contributed by atoms with E-state index in [1.54, 1.807) is 17.6 Å². The third kappa shape index (κ3) is 2.27. The lowest BCUT2D eigenvalue weighted by Crippen LogP contribution is -2.29. The number of hydrogen-bond donors (Lipinski definition) is 3. The molecule has 2 heterocycles. The predicted molar refractivity (Wildman–Crippen MR) is 73.0 cm³/mol. The number of fused-ring (bicyclic) bond motifs is 1. The van der Waals surface area contributed by atoms with Crippen molar-refractivity contribution in [2.24, 2.45) is 12.9 Å². The Morgan fingerprint density at radius 3 is 2.84 bits per heavy atom. The summed E-state index contributed by atoms with van der Waals surface area (Å²) in [6.45, 7) is 2.03. The zero-order valence-electron chi connectivity index (χ0n) is 10.4. The van der Waals surface area contributed by atoms with Crippen LogP contribution in [0.15, 0.2) is 20.7 Å². The van der Waals surface area contributed by atoms with Crippen LogP contribution in [0, 0.1) is 0 Å².